The minimum absolute atomic E-state index is 0.0278. The van der Waals surface area contributed by atoms with E-state index < -0.39 is 9.84 Å². The summed E-state index contributed by atoms with van der Waals surface area (Å²) < 4.78 is 35.3. The van der Waals surface area contributed by atoms with Gasteiger partial charge in [-0.2, -0.15) is 0 Å². The molecule has 1 rings (SSSR count). The topological polar surface area (TPSA) is 65.5 Å². The lowest BCUT2D eigenvalue weighted by atomic mass is 9.99. The van der Waals surface area contributed by atoms with Gasteiger partial charge in [0.1, 0.15) is 4.90 Å². The number of aryl methyl sites for hydroxylation is 1. The highest BCUT2D eigenvalue weighted by atomic mass is 32.2. The standard InChI is InChI=1S/C14H23NO4S/c1-10(2)12(8-18-4)9-20(16,17)13-6-11(3)7-15-14(13)19-5/h6-7,10,12H,8-9H2,1-5H3. The maximum absolute atomic E-state index is 12.6. The zero-order chi connectivity index (χ0) is 15.3. The number of methoxy groups -OCH3 is 2. The van der Waals surface area contributed by atoms with Gasteiger partial charge in [-0.05, 0) is 30.4 Å². The van der Waals surface area contributed by atoms with E-state index >= 15 is 0 Å². The second kappa shape index (κ2) is 7.04. The van der Waals surface area contributed by atoms with Gasteiger partial charge in [0.2, 0.25) is 5.88 Å². The van der Waals surface area contributed by atoms with Gasteiger partial charge in [0, 0.05) is 13.3 Å². The fourth-order valence-electron chi connectivity index (χ4n) is 1.92. The largest absolute Gasteiger partial charge is 0.480 e. The molecule has 1 atom stereocenters. The number of hydrogen-bond acceptors (Lipinski definition) is 5. The molecule has 0 saturated heterocycles. The highest BCUT2D eigenvalue weighted by Gasteiger charge is 2.27. The zero-order valence-corrected chi connectivity index (χ0v) is 13.5. The van der Waals surface area contributed by atoms with Gasteiger partial charge in [0.05, 0.1) is 19.5 Å². The van der Waals surface area contributed by atoms with Crippen LogP contribution in [0.3, 0.4) is 0 Å². The lowest BCUT2D eigenvalue weighted by Crippen LogP contribution is -2.25. The summed E-state index contributed by atoms with van der Waals surface area (Å²) in [5.41, 5.74) is 0.789. The van der Waals surface area contributed by atoms with E-state index in [0.717, 1.165) is 5.56 Å². The van der Waals surface area contributed by atoms with E-state index in [2.05, 4.69) is 4.98 Å². The predicted molar refractivity (Wildman–Crippen MR) is 77.8 cm³/mol. The van der Waals surface area contributed by atoms with Crippen molar-refractivity contribution in [1.82, 2.24) is 4.98 Å². The lowest BCUT2D eigenvalue weighted by molar-refractivity contribution is 0.140. The van der Waals surface area contributed by atoms with Gasteiger partial charge >= 0.3 is 0 Å². The first-order chi connectivity index (χ1) is 9.31. The molecule has 0 fully saturated rings. The predicted octanol–water partition coefficient (Wildman–Crippen LogP) is 2.09. The Kier molecular flexibility index (Phi) is 5.95. The molecule has 114 valence electrons. The molecule has 1 unspecified atom stereocenters. The third-order valence-electron chi connectivity index (χ3n) is 3.24. The van der Waals surface area contributed by atoms with Crippen molar-refractivity contribution in [3.05, 3.63) is 17.8 Å². The molecule has 0 spiro atoms. The molecular formula is C14H23NO4S. The van der Waals surface area contributed by atoms with Gasteiger partial charge in [-0.25, -0.2) is 13.4 Å². The fourth-order valence-corrected chi connectivity index (χ4v) is 3.92. The second-order valence-electron chi connectivity index (χ2n) is 5.26. The van der Waals surface area contributed by atoms with E-state index in [4.69, 9.17) is 9.47 Å². The van der Waals surface area contributed by atoms with E-state index in [-0.39, 0.29) is 28.4 Å². The maximum Gasteiger partial charge on any atom is 0.232 e. The van der Waals surface area contributed by atoms with E-state index in [1.165, 1.54) is 7.11 Å². The molecule has 0 radical (unpaired) electrons. The smallest absolute Gasteiger partial charge is 0.232 e. The third kappa shape index (κ3) is 4.18. The van der Waals surface area contributed by atoms with Crippen molar-refractivity contribution in [2.24, 2.45) is 11.8 Å². The van der Waals surface area contributed by atoms with Crippen LogP contribution >= 0.6 is 0 Å². The van der Waals surface area contributed by atoms with E-state index in [1.807, 2.05) is 13.8 Å². The molecule has 0 amide bonds. The van der Waals surface area contributed by atoms with Crippen LogP contribution in [0.1, 0.15) is 19.4 Å². The monoisotopic (exact) mass is 301 g/mol. The van der Waals surface area contributed by atoms with Crippen LogP contribution in [-0.4, -0.2) is 40.0 Å². The summed E-state index contributed by atoms with van der Waals surface area (Å²) in [6, 6.07) is 1.60. The van der Waals surface area contributed by atoms with Crippen LogP contribution in [0.4, 0.5) is 0 Å². The molecule has 20 heavy (non-hydrogen) atoms. The minimum atomic E-state index is -3.46. The molecular weight excluding hydrogens is 278 g/mol. The average Bonchev–Trinajstić information content (AvgIpc) is 2.38. The molecule has 1 aromatic heterocycles. The number of hydrogen-bond donors (Lipinski definition) is 0. The zero-order valence-electron chi connectivity index (χ0n) is 12.7. The summed E-state index contributed by atoms with van der Waals surface area (Å²) in [6.45, 7) is 6.20. The van der Waals surface area contributed by atoms with E-state index in [0.29, 0.717) is 6.61 Å². The summed E-state index contributed by atoms with van der Waals surface area (Å²) >= 11 is 0. The highest BCUT2D eigenvalue weighted by molar-refractivity contribution is 7.91. The molecule has 0 aliphatic carbocycles. The minimum Gasteiger partial charge on any atom is -0.480 e. The van der Waals surface area contributed by atoms with Gasteiger partial charge in [-0.15, -0.1) is 0 Å². The first-order valence-electron chi connectivity index (χ1n) is 6.54. The molecule has 5 nitrogen and oxygen atoms in total. The van der Waals surface area contributed by atoms with Crippen LogP contribution in [0, 0.1) is 18.8 Å². The van der Waals surface area contributed by atoms with Crippen molar-refractivity contribution in [1.29, 1.82) is 0 Å². The summed E-state index contributed by atoms with van der Waals surface area (Å²) in [7, 11) is -0.457. The first-order valence-corrected chi connectivity index (χ1v) is 8.19. The van der Waals surface area contributed by atoms with Crippen LogP contribution < -0.4 is 4.74 Å². The van der Waals surface area contributed by atoms with E-state index in [9.17, 15) is 8.42 Å². The molecule has 0 aromatic carbocycles. The Bertz CT molecular complexity index is 540. The Morgan fingerprint density at radius 3 is 2.45 bits per heavy atom. The molecule has 0 saturated carbocycles. The van der Waals surface area contributed by atoms with Crippen LogP contribution in [0.5, 0.6) is 5.88 Å². The van der Waals surface area contributed by atoms with Gasteiger partial charge in [0.25, 0.3) is 0 Å². The number of pyridine rings is 1. The maximum atomic E-state index is 12.6. The van der Waals surface area contributed by atoms with E-state index in [1.54, 1.807) is 26.3 Å². The molecule has 0 N–H and O–H groups in total. The van der Waals surface area contributed by atoms with Crippen molar-refractivity contribution in [3.63, 3.8) is 0 Å². The SMILES string of the molecule is COCC(CS(=O)(=O)c1cc(C)cnc1OC)C(C)C. The first kappa shape index (κ1) is 16.9. The van der Waals surface area contributed by atoms with Crippen molar-refractivity contribution in [2.75, 3.05) is 26.6 Å². The quantitative estimate of drug-likeness (QED) is 0.771. The molecule has 1 aromatic rings. The number of ether oxygens (including phenoxy) is 2. The summed E-state index contributed by atoms with van der Waals surface area (Å²) in [6.07, 6.45) is 1.59. The molecule has 0 aliphatic rings. The second-order valence-corrected chi connectivity index (χ2v) is 7.26. The van der Waals surface area contributed by atoms with Gasteiger partial charge in [-0.3, -0.25) is 0 Å². The number of sulfone groups is 1. The summed E-state index contributed by atoms with van der Waals surface area (Å²) in [4.78, 5) is 4.18. The average molecular weight is 301 g/mol. The van der Waals surface area contributed by atoms with Crippen molar-refractivity contribution in [3.8, 4) is 5.88 Å². The summed E-state index contributed by atoms with van der Waals surface area (Å²) in [5, 5.41) is 0. The Balaban J connectivity index is 3.13. The summed E-state index contributed by atoms with van der Waals surface area (Å²) in [5.74, 6) is 0.333. The highest BCUT2D eigenvalue weighted by Crippen LogP contribution is 2.26. The Morgan fingerprint density at radius 2 is 1.95 bits per heavy atom. The third-order valence-corrected chi connectivity index (χ3v) is 5.07. The fraction of sp³-hybridized carbons (Fsp3) is 0.643. The Hall–Kier alpha value is -1.14. The number of rotatable bonds is 7. The Labute approximate surface area is 121 Å². The molecule has 1 heterocycles. The van der Waals surface area contributed by atoms with Crippen molar-refractivity contribution in [2.45, 2.75) is 25.7 Å². The van der Waals surface area contributed by atoms with Crippen LogP contribution in [0.25, 0.3) is 0 Å². The Morgan fingerprint density at radius 1 is 1.30 bits per heavy atom. The van der Waals surface area contributed by atoms with Gasteiger partial charge in [0.15, 0.2) is 9.84 Å². The van der Waals surface area contributed by atoms with Crippen LogP contribution in [0.15, 0.2) is 17.2 Å². The van der Waals surface area contributed by atoms with Gasteiger partial charge < -0.3 is 9.47 Å². The normalized spacial score (nSPS) is 13.5. The van der Waals surface area contributed by atoms with Crippen molar-refractivity contribution >= 4 is 9.84 Å². The van der Waals surface area contributed by atoms with Crippen LogP contribution in [-0.2, 0) is 14.6 Å². The van der Waals surface area contributed by atoms with Crippen molar-refractivity contribution < 1.29 is 17.9 Å². The number of nitrogens with zero attached hydrogens (tertiary/aromatic N) is 1. The molecule has 0 aliphatic heterocycles. The molecule has 6 heteroatoms. The lowest BCUT2D eigenvalue weighted by Gasteiger charge is -2.20. The van der Waals surface area contributed by atoms with Gasteiger partial charge in [-0.1, -0.05) is 13.8 Å². The number of aromatic nitrogens is 1. The van der Waals surface area contributed by atoms with Crippen LogP contribution in [0.2, 0.25) is 0 Å². The molecule has 0 bridgehead atoms.